The standard InChI is InChI=1S/C24H30O4/c1-22-9-7-16(25)11-15(22)4-5-18-17(22)8-10-23(2)19(12-20-24(18,23)28-20)14-3-6-21(26)27-13-14/h3,6,13,15,17-20H,4-5,7-12H2,1-2H3/t15-,17+,18-,19-,20-,22+,23-,24-/m1/s1. The Balaban J connectivity index is 1.36. The van der Waals surface area contributed by atoms with E-state index in [1.807, 2.05) is 6.07 Å². The molecule has 0 aromatic carbocycles. The van der Waals surface area contributed by atoms with Crippen molar-refractivity contribution in [1.82, 2.24) is 0 Å². The maximum absolute atomic E-state index is 12.1. The van der Waals surface area contributed by atoms with Crippen LogP contribution >= 0.6 is 0 Å². The van der Waals surface area contributed by atoms with Gasteiger partial charge in [0.05, 0.1) is 12.4 Å². The monoisotopic (exact) mass is 382 g/mol. The van der Waals surface area contributed by atoms with E-state index in [-0.39, 0.29) is 16.6 Å². The largest absolute Gasteiger partial charge is 0.431 e. The highest BCUT2D eigenvalue weighted by Gasteiger charge is 2.80. The third-order valence-electron chi connectivity index (χ3n) is 10.0. The first-order valence-corrected chi connectivity index (χ1v) is 11.2. The van der Waals surface area contributed by atoms with Crippen LogP contribution in [0.3, 0.4) is 0 Å². The molecular weight excluding hydrogens is 352 g/mol. The van der Waals surface area contributed by atoms with Crippen LogP contribution in [-0.4, -0.2) is 17.5 Å². The summed E-state index contributed by atoms with van der Waals surface area (Å²) in [6, 6.07) is 3.53. The topological polar surface area (TPSA) is 59.8 Å². The van der Waals surface area contributed by atoms with Gasteiger partial charge in [-0.3, -0.25) is 4.79 Å². The fourth-order valence-corrected chi connectivity index (χ4v) is 8.55. The maximum Gasteiger partial charge on any atom is 0.335 e. The van der Waals surface area contributed by atoms with Gasteiger partial charge in [-0.2, -0.15) is 0 Å². The zero-order chi connectivity index (χ0) is 19.3. The molecule has 0 unspecified atom stereocenters. The molecular formula is C24H30O4. The van der Waals surface area contributed by atoms with Crippen LogP contribution in [0.2, 0.25) is 0 Å². The van der Waals surface area contributed by atoms with Crippen LogP contribution in [0.25, 0.3) is 0 Å². The number of ether oxygens (including phenoxy) is 1. The van der Waals surface area contributed by atoms with E-state index in [1.165, 1.54) is 31.2 Å². The molecule has 6 rings (SSSR count). The van der Waals surface area contributed by atoms with Gasteiger partial charge in [0.2, 0.25) is 0 Å². The highest BCUT2D eigenvalue weighted by Crippen LogP contribution is 2.77. The highest BCUT2D eigenvalue weighted by atomic mass is 16.6. The molecule has 4 nitrogen and oxygen atoms in total. The minimum atomic E-state index is -0.273. The van der Waals surface area contributed by atoms with Crippen molar-refractivity contribution in [2.45, 2.75) is 82.8 Å². The second-order valence-electron chi connectivity index (χ2n) is 10.8. The molecule has 4 aliphatic carbocycles. The van der Waals surface area contributed by atoms with E-state index in [9.17, 15) is 9.59 Å². The predicted octanol–water partition coefficient (Wildman–Crippen LogP) is 4.47. The molecule has 0 bridgehead atoms. The van der Waals surface area contributed by atoms with Crippen molar-refractivity contribution in [2.24, 2.45) is 28.6 Å². The number of carbonyl (C=O) groups excluding carboxylic acids is 1. The van der Waals surface area contributed by atoms with Crippen molar-refractivity contribution in [3.63, 3.8) is 0 Å². The van der Waals surface area contributed by atoms with Crippen molar-refractivity contribution in [3.05, 3.63) is 34.4 Å². The number of Topliss-reactive ketones (excluding diaryl/α,β-unsaturated/α-hetero) is 1. The molecule has 150 valence electrons. The Hall–Kier alpha value is -1.42. The summed E-state index contributed by atoms with van der Waals surface area (Å²) in [5, 5.41) is 0. The van der Waals surface area contributed by atoms with Crippen LogP contribution < -0.4 is 5.63 Å². The summed E-state index contributed by atoms with van der Waals surface area (Å²) in [7, 11) is 0. The molecule has 1 aromatic rings. The zero-order valence-corrected chi connectivity index (χ0v) is 16.9. The zero-order valence-electron chi connectivity index (χ0n) is 16.9. The second kappa shape index (κ2) is 5.38. The molecule has 1 saturated heterocycles. The molecule has 0 amide bonds. The molecule has 1 spiro atoms. The number of fused-ring (bicyclic) bond motifs is 3. The highest BCUT2D eigenvalue weighted by molar-refractivity contribution is 5.79. The molecule has 1 aromatic heterocycles. The molecule has 1 aliphatic heterocycles. The van der Waals surface area contributed by atoms with Gasteiger partial charge >= 0.3 is 5.63 Å². The van der Waals surface area contributed by atoms with Gasteiger partial charge < -0.3 is 9.15 Å². The van der Waals surface area contributed by atoms with Gasteiger partial charge in [0.1, 0.15) is 11.4 Å². The molecule has 28 heavy (non-hydrogen) atoms. The Kier molecular flexibility index (Phi) is 3.35. The molecule has 2 heterocycles. The normalized spacial score (nSPS) is 51.6. The van der Waals surface area contributed by atoms with E-state index < -0.39 is 0 Å². The Labute approximate surface area is 166 Å². The average molecular weight is 383 g/mol. The number of hydrogen-bond acceptors (Lipinski definition) is 4. The minimum absolute atomic E-state index is 0.00611. The second-order valence-corrected chi connectivity index (χ2v) is 10.8. The molecule has 5 fully saturated rings. The van der Waals surface area contributed by atoms with Gasteiger partial charge in [0.15, 0.2) is 0 Å². The molecule has 0 radical (unpaired) electrons. The third-order valence-corrected chi connectivity index (χ3v) is 10.0. The van der Waals surface area contributed by atoms with Gasteiger partial charge in [-0.25, -0.2) is 4.79 Å². The Morgan fingerprint density at radius 2 is 1.89 bits per heavy atom. The quantitative estimate of drug-likeness (QED) is 0.673. The van der Waals surface area contributed by atoms with Crippen molar-refractivity contribution >= 4 is 5.78 Å². The van der Waals surface area contributed by atoms with Crippen LogP contribution in [0, 0.1) is 28.6 Å². The lowest BCUT2D eigenvalue weighted by molar-refractivity contribution is -0.144. The summed E-state index contributed by atoms with van der Waals surface area (Å²) in [6.07, 6.45) is 10.5. The van der Waals surface area contributed by atoms with Crippen LogP contribution in [0.1, 0.15) is 76.7 Å². The fraction of sp³-hybridized carbons (Fsp3) is 0.750. The van der Waals surface area contributed by atoms with E-state index in [0.29, 0.717) is 41.0 Å². The molecule has 4 heteroatoms. The van der Waals surface area contributed by atoms with Crippen LogP contribution in [-0.2, 0) is 9.53 Å². The van der Waals surface area contributed by atoms with Crippen molar-refractivity contribution in [3.8, 4) is 0 Å². The number of hydrogen-bond donors (Lipinski definition) is 0. The first-order chi connectivity index (χ1) is 13.4. The van der Waals surface area contributed by atoms with E-state index in [1.54, 1.807) is 12.3 Å². The summed E-state index contributed by atoms with van der Waals surface area (Å²) >= 11 is 0. The van der Waals surface area contributed by atoms with E-state index >= 15 is 0 Å². The lowest BCUT2D eigenvalue weighted by Gasteiger charge is -2.60. The fourth-order valence-electron chi connectivity index (χ4n) is 8.55. The predicted molar refractivity (Wildman–Crippen MR) is 104 cm³/mol. The SMILES string of the molecule is C[C@]12CCC(=O)C[C@H]1CC[C@@H]1[C@@H]2CC[C@]2(C)[C@@H](c3ccc(=O)oc3)C[C@H]3O[C@]132. The molecule has 8 atom stereocenters. The lowest BCUT2D eigenvalue weighted by atomic mass is 9.44. The average Bonchev–Trinajstić information content (AvgIpc) is 3.33. The van der Waals surface area contributed by atoms with Gasteiger partial charge in [0.25, 0.3) is 0 Å². The first kappa shape index (κ1) is 17.4. The van der Waals surface area contributed by atoms with Gasteiger partial charge in [0, 0.05) is 24.3 Å². The maximum atomic E-state index is 12.1. The third kappa shape index (κ3) is 1.96. The molecule has 0 N–H and O–H groups in total. The van der Waals surface area contributed by atoms with Crippen molar-refractivity contribution < 1.29 is 13.9 Å². The lowest BCUT2D eigenvalue weighted by Crippen LogP contribution is -2.58. The van der Waals surface area contributed by atoms with E-state index in [4.69, 9.17) is 9.15 Å². The minimum Gasteiger partial charge on any atom is -0.431 e. The van der Waals surface area contributed by atoms with Crippen LogP contribution in [0.5, 0.6) is 0 Å². The first-order valence-electron chi connectivity index (χ1n) is 11.2. The smallest absolute Gasteiger partial charge is 0.335 e. The van der Waals surface area contributed by atoms with E-state index in [0.717, 1.165) is 25.7 Å². The summed E-state index contributed by atoms with van der Waals surface area (Å²) in [5.74, 6) is 2.77. The summed E-state index contributed by atoms with van der Waals surface area (Å²) in [6.45, 7) is 4.92. The summed E-state index contributed by atoms with van der Waals surface area (Å²) < 4.78 is 11.8. The number of epoxide rings is 1. The van der Waals surface area contributed by atoms with Crippen LogP contribution in [0.15, 0.2) is 27.6 Å². The molecule has 4 saturated carbocycles. The van der Waals surface area contributed by atoms with Gasteiger partial charge in [-0.15, -0.1) is 0 Å². The summed E-state index contributed by atoms with van der Waals surface area (Å²) in [5.41, 5.74) is 1.32. The van der Waals surface area contributed by atoms with E-state index in [2.05, 4.69) is 13.8 Å². The Morgan fingerprint density at radius 3 is 2.68 bits per heavy atom. The number of ketones is 1. The van der Waals surface area contributed by atoms with Gasteiger partial charge in [-0.05, 0) is 79.2 Å². The molecule has 5 aliphatic rings. The Morgan fingerprint density at radius 1 is 1.04 bits per heavy atom. The van der Waals surface area contributed by atoms with Crippen molar-refractivity contribution in [2.75, 3.05) is 0 Å². The number of carbonyl (C=O) groups is 1. The van der Waals surface area contributed by atoms with Gasteiger partial charge in [-0.1, -0.05) is 13.8 Å². The van der Waals surface area contributed by atoms with Crippen LogP contribution in [0.4, 0.5) is 0 Å². The number of rotatable bonds is 1. The van der Waals surface area contributed by atoms with Crippen molar-refractivity contribution in [1.29, 1.82) is 0 Å². The summed E-state index contributed by atoms with van der Waals surface area (Å²) in [4.78, 5) is 23.5. The Bertz CT molecular complexity index is 884.